The Balaban J connectivity index is 1.03. The van der Waals surface area contributed by atoms with Crippen molar-refractivity contribution in [3.05, 3.63) is 223 Å². The summed E-state index contributed by atoms with van der Waals surface area (Å²) in [5.74, 6) is 0.277. The zero-order valence-corrected chi connectivity index (χ0v) is 29.1. The minimum atomic E-state index is 0.277. The second kappa shape index (κ2) is 14.1. The Morgan fingerprint density at radius 3 is 1.38 bits per heavy atom. The van der Waals surface area contributed by atoms with Crippen LogP contribution in [0.1, 0.15) is 29.0 Å². The van der Waals surface area contributed by atoms with E-state index in [4.69, 9.17) is 0 Å². The van der Waals surface area contributed by atoms with E-state index in [1.54, 1.807) is 0 Å². The van der Waals surface area contributed by atoms with Crippen LogP contribution < -0.4 is 0 Å². The summed E-state index contributed by atoms with van der Waals surface area (Å²) in [6.07, 6.45) is 2.03. The Bertz CT molecular complexity index is 2560. The first-order valence-electron chi connectivity index (χ1n) is 18.3. The van der Waals surface area contributed by atoms with Gasteiger partial charge in [0, 0.05) is 22.4 Å². The van der Waals surface area contributed by atoms with Crippen molar-refractivity contribution in [3.63, 3.8) is 0 Å². The van der Waals surface area contributed by atoms with Crippen molar-refractivity contribution in [1.82, 2.24) is 4.57 Å². The summed E-state index contributed by atoms with van der Waals surface area (Å²) in [5, 5.41) is 2.55. The monoisotopic (exact) mass is 665 g/mol. The van der Waals surface area contributed by atoms with Crippen molar-refractivity contribution in [1.29, 1.82) is 0 Å². The van der Waals surface area contributed by atoms with E-state index < -0.39 is 0 Å². The summed E-state index contributed by atoms with van der Waals surface area (Å²) in [7, 11) is 0. The minimum Gasteiger partial charge on any atom is -0.309 e. The molecule has 0 aliphatic carbocycles. The third-order valence-corrected chi connectivity index (χ3v) is 10.5. The molecule has 0 aliphatic heterocycles. The zero-order valence-electron chi connectivity index (χ0n) is 29.1. The topological polar surface area (TPSA) is 4.93 Å². The maximum atomic E-state index is 2.38. The lowest BCUT2D eigenvalue weighted by Gasteiger charge is -2.20. The van der Waals surface area contributed by atoms with Gasteiger partial charge in [-0.3, -0.25) is 0 Å². The first-order chi connectivity index (χ1) is 25.8. The van der Waals surface area contributed by atoms with Crippen molar-refractivity contribution < 1.29 is 0 Å². The molecule has 52 heavy (non-hydrogen) atoms. The van der Waals surface area contributed by atoms with Crippen molar-refractivity contribution in [2.45, 2.75) is 18.8 Å². The van der Waals surface area contributed by atoms with Crippen molar-refractivity contribution in [2.75, 3.05) is 0 Å². The van der Waals surface area contributed by atoms with Crippen LogP contribution >= 0.6 is 0 Å². The predicted molar refractivity (Wildman–Crippen MR) is 220 cm³/mol. The molecular weight excluding hydrogens is 627 g/mol. The molecule has 248 valence electrons. The summed E-state index contributed by atoms with van der Waals surface area (Å²) in [5.41, 5.74) is 15.2. The maximum Gasteiger partial charge on any atom is 0.0541 e. The van der Waals surface area contributed by atoms with E-state index in [9.17, 15) is 0 Å². The number of aryl methyl sites for hydroxylation is 1. The van der Waals surface area contributed by atoms with E-state index in [2.05, 4.69) is 211 Å². The Kier molecular flexibility index (Phi) is 8.52. The van der Waals surface area contributed by atoms with Crippen LogP contribution in [0.3, 0.4) is 0 Å². The number of benzene rings is 8. The van der Waals surface area contributed by atoms with Crippen LogP contribution in [0.4, 0.5) is 0 Å². The Hall–Kier alpha value is -6.44. The van der Waals surface area contributed by atoms with E-state index in [0.29, 0.717) is 0 Å². The molecule has 1 aromatic heterocycles. The molecule has 0 amide bonds. The van der Waals surface area contributed by atoms with Gasteiger partial charge in [-0.05, 0) is 93.2 Å². The third-order valence-electron chi connectivity index (χ3n) is 10.5. The Labute approximate surface area is 306 Å². The van der Waals surface area contributed by atoms with Gasteiger partial charge in [-0.25, -0.2) is 0 Å². The maximum absolute atomic E-state index is 2.38. The molecule has 9 aromatic rings. The van der Waals surface area contributed by atoms with Gasteiger partial charge in [0.2, 0.25) is 0 Å². The average molecular weight is 666 g/mol. The highest BCUT2D eigenvalue weighted by molar-refractivity contribution is 6.10. The van der Waals surface area contributed by atoms with Gasteiger partial charge in [0.05, 0.1) is 11.0 Å². The van der Waals surface area contributed by atoms with Crippen LogP contribution in [-0.4, -0.2) is 4.57 Å². The van der Waals surface area contributed by atoms with Gasteiger partial charge in [0.15, 0.2) is 0 Å². The highest BCUT2D eigenvalue weighted by Gasteiger charge is 2.17. The molecule has 0 fully saturated rings. The normalized spacial score (nSPS) is 11.9. The van der Waals surface area contributed by atoms with Crippen LogP contribution in [0.15, 0.2) is 206 Å². The standard InChI is InChI=1S/C51H39N/c1-4-12-38(13-5-1)40-23-20-37(21-24-40)22-34-47(43-29-25-41(26-30-43)39-14-6-2-7-15-39)44-31-27-42(28-32-44)45-33-35-51-49(36-45)48-18-10-11-19-50(48)52(51)46-16-8-3-9-17-46/h1-21,23-33,35-36,47H,22,34H2. The van der Waals surface area contributed by atoms with Gasteiger partial charge in [-0.15, -0.1) is 0 Å². The summed E-state index contributed by atoms with van der Waals surface area (Å²) in [4.78, 5) is 0. The van der Waals surface area contributed by atoms with E-state index in [-0.39, 0.29) is 5.92 Å². The molecule has 9 rings (SSSR count). The molecule has 0 N–H and O–H groups in total. The van der Waals surface area contributed by atoms with Gasteiger partial charge < -0.3 is 4.57 Å². The lowest BCUT2D eigenvalue weighted by atomic mass is 9.85. The first-order valence-corrected chi connectivity index (χ1v) is 18.3. The smallest absolute Gasteiger partial charge is 0.0541 e. The molecular formula is C51H39N. The van der Waals surface area contributed by atoms with Crippen LogP contribution in [0, 0.1) is 0 Å². The number of rotatable bonds is 9. The first kappa shape index (κ1) is 31.5. The van der Waals surface area contributed by atoms with Gasteiger partial charge in [0.1, 0.15) is 0 Å². The summed E-state index contributed by atoms with van der Waals surface area (Å²) in [6.45, 7) is 0. The molecule has 0 saturated carbocycles. The molecule has 0 bridgehead atoms. The number of hydrogen-bond acceptors (Lipinski definition) is 0. The van der Waals surface area contributed by atoms with Crippen molar-refractivity contribution >= 4 is 21.8 Å². The molecule has 1 unspecified atom stereocenters. The van der Waals surface area contributed by atoms with E-state index in [0.717, 1.165) is 12.8 Å². The fourth-order valence-electron chi connectivity index (χ4n) is 7.79. The van der Waals surface area contributed by atoms with Gasteiger partial charge >= 0.3 is 0 Å². The third kappa shape index (κ3) is 6.23. The fourth-order valence-corrected chi connectivity index (χ4v) is 7.79. The minimum absolute atomic E-state index is 0.277. The largest absolute Gasteiger partial charge is 0.309 e. The van der Waals surface area contributed by atoms with Gasteiger partial charge in [-0.1, -0.05) is 176 Å². The summed E-state index contributed by atoms with van der Waals surface area (Å²) < 4.78 is 2.38. The number of fused-ring (bicyclic) bond motifs is 3. The van der Waals surface area contributed by atoms with Gasteiger partial charge in [0.25, 0.3) is 0 Å². The number of nitrogens with zero attached hydrogens (tertiary/aromatic N) is 1. The molecule has 0 aliphatic rings. The van der Waals surface area contributed by atoms with Crippen LogP contribution in [-0.2, 0) is 6.42 Å². The van der Waals surface area contributed by atoms with Crippen LogP contribution in [0.25, 0.3) is 60.9 Å². The molecule has 0 radical (unpaired) electrons. The van der Waals surface area contributed by atoms with Crippen LogP contribution in [0.2, 0.25) is 0 Å². The molecule has 8 aromatic carbocycles. The summed E-state index contributed by atoms with van der Waals surface area (Å²) >= 11 is 0. The molecule has 1 heteroatoms. The quantitative estimate of drug-likeness (QED) is 0.145. The molecule has 0 spiro atoms. The SMILES string of the molecule is c1ccc(-c2ccc(CCC(c3ccc(-c4ccccc4)cc3)c3ccc(-c4ccc5c(c4)c4ccccc4n5-c4ccccc4)cc3)cc2)cc1. The second-order valence-electron chi connectivity index (χ2n) is 13.7. The number of aromatic nitrogens is 1. The van der Waals surface area contributed by atoms with Crippen molar-refractivity contribution in [3.8, 4) is 39.1 Å². The molecule has 1 atom stereocenters. The predicted octanol–water partition coefficient (Wildman–Crippen LogP) is 13.5. The fraction of sp³-hybridized carbons (Fsp3) is 0.0588. The highest BCUT2D eigenvalue weighted by Crippen LogP contribution is 2.37. The number of para-hydroxylation sites is 2. The van der Waals surface area contributed by atoms with Gasteiger partial charge in [-0.2, -0.15) is 0 Å². The van der Waals surface area contributed by atoms with E-state index >= 15 is 0 Å². The molecule has 1 nitrogen and oxygen atoms in total. The molecule has 0 saturated heterocycles. The Morgan fingerprint density at radius 2 is 0.788 bits per heavy atom. The van der Waals surface area contributed by atoms with E-state index in [1.807, 2.05) is 0 Å². The lowest BCUT2D eigenvalue weighted by molar-refractivity contribution is 0.715. The number of hydrogen-bond donors (Lipinski definition) is 0. The zero-order chi connectivity index (χ0) is 34.7. The highest BCUT2D eigenvalue weighted by atomic mass is 15.0. The Morgan fingerprint density at radius 1 is 0.346 bits per heavy atom. The summed E-state index contributed by atoms with van der Waals surface area (Å²) in [6, 6.07) is 75.3. The van der Waals surface area contributed by atoms with E-state index in [1.165, 1.54) is 77.6 Å². The average Bonchev–Trinajstić information content (AvgIpc) is 3.56. The van der Waals surface area contributed by atoms with Crippen molar-refractivity contribution in [2.24, 2.45) is 0 Å². The lowest BCUT2D eigenvalue weighted by Crippen LogP contribution is -2.03. The second-order valence-corrected chi connectivity index (χ2v) is 13.7. The molecule has 1 heterocycles. The van der Waals surface area contributed by atoms with Crippen LogP contribution in [0.5, 0.6) is 0 Å².